The third-order valence-corrected chi connectivity index (χ3v) is 1.97. The molecule has 0 aromatic carbocycles. The molecule has 0 aliphatic rings. The van der Waals surface area contributed by atoms with E-state index in [1.807, 2.05) is 0 Å². The first-order chi connectivity index (χ1) is 10.1. The Morgan fingerprint density at radius 2 is 1.13 bits per heavy atom. The quantitative estimate of drug-likeness (QED) is 0.413. The van der Waals surface area contributed by atoms with Gasteiger partial charge in [0.2, 0.25) is 0 Å². The molecule has 0 spiro atoms. The van der Waals surface area contributed by atoms with Crippen LogP contribution in [0.25, 0.3) is 0 Å². The summed E-state index contributed by atoms with van der Waals surface area (Å²) in [7, 11) is -0.611. The van der Waals surface area contributed by atoms with Crippen molar-refractivity contribution in [3.63, 3.8) is 0 Å². The van der Waals surface area contributed by atoms with E-state index in [0.717, 1.165) is 0 Å². The SMILES string of the molecule is CCCOCCOCC(O)(C(F)(F)F)C(F)(F)F.C[Si](C)(C)C. The Labute approximate surface area is 134 Å². The fourth-order valence-electron chi connectivity index (χ4n) is 0.909. The van der Waals surface area contributed by atoms with Gasteiger partial charge in [0, 0.05) is 14.7 Å². The van der Waals surface area contributed by atoms with Gasteiger partial charge in [0.15, 0.2) is 0 Å². The molecule has 23 heavy (non-hydrogen) atoms. The first-order valence-corrected chi connectivity index (χ1v) is 11.1. The number of alkyl halides is 6. The van der Waals surface area contributed by atoms with Gasteiger partial charge in [0.25, 0.3) is 5.60 Å². The summed E-state index contributed by atoms with van der Waals surface area (Å²) in [5, 5.41) is 8.67. The van der Waals surface area contributed by atoms with Crippen molar-refractivity contribution in [1.29, 1.82) is 0 Å². The van der Waals surface area contributed by atoms with Crippen molar-refractivity contribution in [2.24, 2.45) is 0 Å². The average Bonchev–Trinajstić information content (AvgIpc) is 2.28. The van der Waals surface area contributed by atoms with E-state index in [1.54, 1.807) is 6.92 Å². The Morgan fingerprint density at radius 3 is 1.43 bits per heavy atom. The van der Waals surface area contributed by atoms with Crippen molar-refractivity contribution >= 4 is 8.07 Å². The first-order valence-electron chi connectivity index (χ1n) is 7.07. The van der Waals surface area contributed by atoms with Gasteiger partial charge in [-0.15, -0.1) is 0 Å². The normalized spacial score (nSPS) is 13.6. The third kappa shape index (κ3) is 11.8. The Kier molecular flexibility index (Phi) is 10.7. The zero-order chi connectivity index (χ0) is 18.9. The predicted molar refractivity (Wildman–Crippen MR) is 78.2 cm³/mol. The Hall–Kier alpha value is -0.323. The van der Waals surface area contributed by atoms with Crippen molar-refractivity contribution in [2.75, 3.05) is 26.4 Å². The highest BCUT2D eigenvalue weighted by Crippen LogP contribution is 2.43. The summed E-state index contributed by atoms with van der Waals surface area (Å²) in [6, 6.07) is 0. The highest BCUT2D eigenvalue weighted by atomic mass is 28.3. The second-order valence-electron chi connectivity index (χ2n) is 6.52. The number of hydrogen-bond acceptors (Lipinski definition) is 3. The van der Waals surface area contributed by atoms with E-state index in [4.69, 9.17) is 9.84 Å². The van der Waals surface area contributed by atoms with Crippen LogP contribution in [0.3, 0.4) is 0 Å². The molecule has 0 saturated heterocycles. The summed E-state index contributed by atoms with van der Waals surface area (Å²) < 4.78 is 81.9. The molecule has 0 radical (unpaired) electrons. The van der Waals surface area contributed by atoms with Crippen molar-refractivity contribution in [1.82, 2.24) is 0 Å². The molecule has 0 heterocycles. The topological polar surface area (TPSA) is 38.7 Å². The molecule has 0 unspecified atom stereocenters. The highest BCUT2D eigenvalue weighted by Gasteiger charge is 2.70. The molecule has 0 aliphatic heterocycles. The van der Waals surface area contributed by atoms with Crippen LogP contribution in [-0.2, 0) is 9.47 Å². The van der Waals surface area contributed by atoms with Crippen LogP contribution in [0.4, 0.5) is 26.3 Å². The van der Waals surface area contributed by atoms with Gasteiger partial charge < -0.3 is 14.6 Å². The lowest BCUT2D eigenvalue weighted by atomic mass is 10.1. The number of ether oxygens (including phenoxy) is 2. The fraction of sp³-hybridized carbons (Fsp3) is 1.00. The molecule has 3 nitrogen and oxygen atoms in total. The lowest BCUT2D eigenvalue weighted by Crippen LogP contribution is -2.60. The highest BCUT2D eigenvalue weighted by molar-refractivity contribution is 6.74. The third-order valence-electron chi connectivity index (χ3n) is 1.97. The molecule has 142 valence electrons. The minimum Gasteiger partial charge on any atom is -0.379 e. The molecular weight excluding hydrogens is 346 g/mol. The largest absolute Gasteiger partial charge is 0.428 e. The van der Waals surface area contributed by atoms with E-state index in [1.165, 1.54) is 0 Å². The lowest BCUT2D eigenvalue weighted by Gasteiger charge is -2.31. The van der Waals surface area contributed by atoms with Gasteiger partial charge >= 0.3 is 12.4 Å². The van der Waals surface area contributed by atoms with Gasteiger partial charge in [-0.05, 0) is 6.42 Å². The van der Waals surface area contributed by atoms with E-state index < -0.39 is 39.2 Å². The van der Waals surface area contributed by atoms with E-state index in [-0.39, 0.29) is 6.61 Å². The smallest absolute Gasteiger partial charge is 0.379 e. The van der Waals surface area contributed by atoms with Crippen LogP contribution in [0, 0.1) is 0 Å². The van der Waals surface area contributed by atoms with Gasteiger partial charge in [-0.25, -0.2) is 0 Å². The van der Waals surface area contributed by atoms with E-state index >= 15 is 0 Å². The molecule has 0 bridgehead atoms. The molecule has 0 aliphatic carbocycles. The molecule has 0 amide bonds. The summed E-state index contributed by atoms with van der Waals surface area (Å²) in [6.07, 6.45) is -11.0. The van der Waals surface area contributed by atoms with Crippen LogP contribution >= 0.6 is 0 Å². The molecule has 0 fully saturated rings. The maximum absolute atomic E-state index is 12.1. The summed E-state index contributed by atoms with van der Waals surface area (Å²) in [4.78, 5) is 0. The van der Waals surface area contributed by atoms with Crippen molar-refractivity contribution in [3.8, 4) is 0 Å². The Bertz CT molecular complexity index is 292. The van der Waals surface area contributed by atoms with E-state index in [9.17, 15) is 26.3 Å². The van der Waals surface area contributed by atoms with Gasteiger partial charge in [0.1, 0.15) is 0 Å². The number of rotatable bonds is 7. The van der Waals surface area contributed by atoms with Crippen LogP contribution < -0.4 is 0 Å². The lowest BCUT2D eigenvalue weighted by molar-refractivity contribution is -0.378. The molecule has 0 rings (SSSR count). The standard InChI is InChI=1S/C9H14F6O3.C4H12Si/c1-2-3-17-4-5-18-6-7(16,8(10,11)12)9(13,14)15;1-5(2,3)4/h16H,2-6H2,1H3;1-4H3. The maximum Gasteiger partial charge on any atom is 0.428 e. The van der Waals surface area contributed by atoms with Crippen LogP contribution in [0.1, 0.15) is 13.3 Å². The van der Waals surface area contributed by atoms with Crippen LogP contribution in [0.15, 0.2) is 0 Å². The molecule has 0 aromatic rings. The van der Waals surface area contributed by atoms with E-state index in [2.05, 4.69) is 30.9 Å². The molecule has 10 heteroatoms. The molecule has 0 atom stereocenters. The van der Waals surface area contributed by atoms with Gasteiger partial charge in [-0.2, -0.15) is 26.3 Å². The zero-order valence-electron chi connectivity index (χ0n) is 14.1. The Balaban J connectivity index is 0. The molecule has 1 N–H and O–H groups in total. The van der Waals surface area contributed by atoms with Crippen molar-refractivity contribution in [3.05, 3.63) is 0 Å². The number of aliphatic hydroxyl groups is 1. The summed E-state index contributed by atoms with van der Waals surface area (Å²) >= 11 is 0. The van der Waals surface area contributed by atoms with Crippen LogP contribution in [0.5, 0.6) is 0 Å². The van der Waals surface area contributed by atoms with E-state index in [0.29, 0.717) is 13.0 Å². The minimum absolute atomic E-state index is 0.139. The second-order valence-corrected chi connectivity index (χ2v) is 12.5. The molecule has 0 saturated carbocycles. The summed E-state index contributed by atoms with van der Waals surface area (Å²) in [6.45, 7) is 8.91. The monoisotopic (exact) mass is 372 g/mol. The van der Waals surface area contributed by atoms with Crippen LogP contribution in [-0.4, -0.2) is 57.6 Å². The second kappa shape index (κ2) is 9.85. The number of halogens is 6. The summed E-state index contributed by atoms with van der Waals surface area (Å²) in [5.41, 5.74) is -4.86. The number of hydrogen-bond donors (Lipinski definition) is 1. The Morgan fingerprint density at radius 1 is 0.783 bits per heavy atom. The van der Waals surface area contributed by atoms with Crippen LogP contribution in [0.2, 0.25) is 26.2 Å². The molecular formula is C13H26F6O3Si. The first kappa shape index (κ1) is 24.9. The fourth-order valence-corrected chi connectivity index (χ4v) is 0.909. The minimum atomic E-state index is -5.85. The predicted octanol–water partition coefficient (Wildman–Crippen LogP) is 4.24. The van der Waals surface area contributed by atoms with Gasteiger partial charge in [0.05, 0.1) is 19.8 Å². The summed E-state index contributed by atoms with van der Waals surface area (Å²) in [5.74, 6) is 0. The van der Waals surface area contributed by atoms with Gasteiger partial charge in [-0.1, -0.05) is 33.1 Å². The van der Waals surface area contributed by atoms with Crippen molar-refractivity contribution in [2.45, 2.75) is 57.5 Å². The average molecular weight is 372 g/mol. The van der Waals surface area contributed by atoms with Gasteiger partial charge in [-0.3, -0.25) is 0 Å². The van der Waals surface area contributed by atoms with Crippen molar-refractivity contribution < 1.29 is 40.9 Å². The zero-order valence-corrected chi connectivity index (χ0v) is 15.1. The molecule has 0 aromatic heterocycles. The maximum atomic E-state index is 12.1.